The van der Waals surface area contributed by atoms with Crippen LogP contribution >= 0.6 is 0 Å². The van der Waals surface area contributed by atoms with E-state index in [0.717, 1.165) is 67.1 Å². The Morgan fingerprint density at radius 2 is 2.21 bits per heavy atom. The molecule has 0 saturated carbocycles. The highest BCUT2D eigenvalue weighted by Gasteiger charge is 2.34. The fourth-order valence-corrected chi connectivity index (χ4v) is 4.49. The fraction of sp³-hybridized carbons (Fsp3) is 0.409. The summed E-state index contributed by atoms with van der Waals surface area (Å²) in [6, 6.07) is 7.60. The van der Waals surface area contributed by atoms with Crippen LogP contribution in [-0.4, -0.2) is 57.9 Å². The Morgan fingerprint density at radius 1 is 1.31 bits per heavy atom. The van der Waals surface area contributed by atoms with Crippen molar-refractivity contribution in [2.24, 2.45) is 0 Å². The monoisotopic (exact) mass is 391 g/mol. The first kappa shape index (κ1) is 18.1. The minimum absolute atomic E-state index is 0.00759. The number of likely N-dealkylation sites (tertiary alicyclic amines) is 1. The molecule has 1 saturated heterocycles. The van der Waals surface area contributed by atoms with Crippen molar-refractivity contribution in [2.75, 3.05) is 27.2 Å². The van der Waals surface area contributed by atoms with E-state index in [1.807, 2.05) is 35.4 Å². The first-order valence-electron chi connectivity index (χ1n) is 10.1. The van der Waals surface area contributed by atoms with E-state index in [-0.39, 0.29) is 11.9 Å². The number of nitrogens with one attached hydrogen (secondary N) is 1. The summed E-state index contributed by atoms with van der Waals surface area (Å²) in [4.78, 5) is 30.3. The van der Waals surface area contributed by atoms with Gasteiger partial charge in [0.15, 0.2) is 5.82 Å². The maximum Gasteiger partial charge on any atom is 0.270 e. The van der Waals surface area contributed by atoms with Gasteiger partial charge in [0.1, 0.15) is 11.4 Å². The molecular weight excluding hydrogens is 366 g/mol. The number of ether oxygens (including phenoxy) is 1. The number of aromatic amines is 1. The molecule has 3 aromatic rings. The van der Waals surface area contributed by atoms with E-state index < -0.39 is 0 Å². The van der Waals surface area contributed by atoms with Crippen molar-refractivity contribution in [3.8, 4) is 5.75 Å². The van der Waals surface area contributed by atoms with Gasteiger partial charge in [-0.25, -0.2) is 9.97 Å². The number of hydrogen-bond donors (Lipinski definition) is 1. The molecule has 1 fully saturated rings. The normalized spacial score (nSPS) is 19.5. The van der Waals surface area contributed by atoms with Crippen LogP contribution in [0.25, 0.3) is 10.9 Å². The minimum Gasteiger partial charge on any atom is -0.496 e. The predicted octanol–water partition coefficient (Wildman–Crippen LogP) is 2.93. The predicted molar refractivity (Wildman–Crippen MR) is 110 cm³/mol. The highest BCUT2D eigenvalue weighted by atomic mass is 16.5. The molecule has 4 heterocycles. The van der Waals surface area contributed by atoms with E-state index in [0.29, 0.717) is 5.69 Å². The van der Waals surface area contributed by atoms with Crippen molar-refractivity contribution >= 4 is 16.8 Å². The van der Waals surface area contributed by atoms with Crippen molar-refractivity contribution in [1.82, 2.24) is 24.8 Å². The largest absolute Gasteiger partial charge is 0.496 e. The second kappa shape index (κ2) is 7.15. The molecule has 5 rings (SSSR count). The third-order valence-corrected chi connectivity index (χ3v) is 6.03. The summed E-state index contributed by atoms with van der Waals surface area (Å²) in [6.07, 6.45) is 4.74. The maximum atomic E-state index is 13.3. The van der Waals surface area contributed by atoms with E-state index in [1.54, 1.807) is 7.11 Å². The average Bonchev–Trinajstić information content (AvgIpc) is 3.39. The fourth-order valence-electron chi connectivity index (χ4n) is 4.49. The van der Waals surface area contributed by atoms with Crippen molar-refractivity contribution < 1.29 is 9.53 Å². The Hall–Kier alpha value is -2.93. The van der Waals surface area contributed by atoms with Crippen molar-refractivity contribution in [2.45, 2.75) is 31.8 Å². The van der Waals surface area contributed by atoms with Gasteiger partial charge in [-0.1, -0.05) is 6.07 Å². The molecule has 0 bridgehead atoms. The van der Waals surface area contributed by atoms with Crippen LogP contribution in [0.4, 0.5) is 0 Å². The average molecular weight is 391 g/mol. The molecule has 7 heteroatoms. The number of benzene rings is 1. The van der Waals surface area contributed by atoms with Gasteiger partial charge in [0.2, 0.25) is 0 Å². The number of aromatic nitrogens is 3. The van der Waals surface area contributed by atoms with Crippen molar-refractivity contribution in [3.63, 3.8) is 0 Å². The van der Waals surface area contributed by atoms with Gasteiger partial charge in [0.05, 0.1) is 13.2 Å². The summed E-state index contributed by atoms with van der Waals surface area (Å²) in [6.45, 7) is 2.62. The molecule has 1 N–H and O–H groups in total. The molecule has 2 aliphatic heterocycles. The lowest BCUT2D eigenvalue weighted by atomic mass is 10.1. The van der Waals surface area contributed by atoms with Crippen LogP contribution in [0.1, 0.15) is 46.5 Å². The number of amides is 1. The Kier molecular flexibility index (Phi) is 4.47. The summed E-state index contributed by atoms with van der Waals surface area (Å²) in [7, 11) is 3.76. The smallest absolute Gasteiger partial charge is 0.270 e. The van der Waals surface area contributed by atoms with Crippen LogP contribution in [-0.2, 0) is 13.0 Å². The number of carbonyl (C=O) groups excluding carboxylic acids is 1. The standard InChI is InChI=1S/C22H25N5O2/c1-26-10-8-16-14(13-26)12-23-21(25-16)19-6-4-9-27(19)22(28)18-11-15-17(24-18)5-3-7-20(15)29-2/h3,5,7,11-12,19,24H,4,6,8-10,13H2,1-2H3. The molecule has 0 aliphatic carbocycles. The SMILES string of the molecule is COc1cccc2[nH]c(C(=O)N3CCCC3c3ncc4c(n3)CCN(C)C4)cc12. The topological polar surface area (TPSA) is 74.4 Å². The quantitative estimate of drug-likeness (QED) is 0.743. The number of rotatable bonds is 3. The van der Waals surface area contributed by atoms with Crippen LogP contribution in [0.2, 0.25) is 0 Å². The Labute approximate surface area is 169 Å². The highest BCUT2D eigenvalue weighted by molar-refractivity contribution is 6.00. The van der Waals surface area contributed by atoms with Crippen LogP contribution in [0.15, 0.2) is 30.5 Å². The number of nitrogens with zero attached hydrogens (tertiary/aromatic N) is 4. The van der Waals surface area contributed by atoms with E-state index in [2.05, 4.69) is 21.9 Å². The number of hydrogen-bond acceptors (Lipinski definition) is 5. The minimum atomic E-state index is -0.0687. The number of fused-ring (bicyclic) bond motifs is 2. The Balaban J connectivity index is 1.44. The van der Waals surface area contributed by atoms with Gasteiger partial charge in [-0.05, 0) is 38.1 Å². The Morgan fingerprint density at radius 3 is 3.07 bits per heavy atom. The van der Waals surface area contributed by atoms with Gasteiger partial charge in [-0.3, -0.25) is 4.79 Å². The molecule has 2 aliphatic rings. The first-order chi connectivity index (χ1) is 14.1. The lowest BCUT2D eigenvalue weighted by Gasteiger charge is -2.27. The first-order valence-corrected chi connectivity index (χ1v) is 10.1. The molecule has 1 aromatic carbocycles. The van der Waals surface area contributed by atoms with Gasteiger partial charge >= 0.3 is 0 Å². The summed E-state index contributed by atoms with van der Waals surface area (Å²) < 4.78 is 5.43. The summed E-state index contributed by atoms with van der Waals surface area (Å²) in [5.74, 6) is 1.53. The van der Waals surface area contributed by atoms with Crippen molar-refractivity contribution in [3.05, 3.63) is 53.2 Å². The summed E-state index contributed by atoms with van der Waals surface area (Å²) in [5.41, 5.74) is 3.80. The molecule has 29 heavy (non-hydrogen) atoms. The third-order valence-electron chi connectivity index (χ3n) is 6.03. The van der Waals surface area contributed by atoms with Crippen LogP contribution in [0.3, 0.4) is 0 Å². The van der Waals surface area contributed by atoms with Crippen LogP contribution in [0, 0.1) is 0 Å². The molecule has 2 aromatic heterocycles. The number of methoxy groups -OCH3 is 1. The molecule has 1 unspecified atom stereocenters. The number of H-pyrrole nitrogens is 1. The molecule has 7 nitrogen and oxygen atoms in total. The Bertz CT molecular complexity index is 1080. The van der Waals surface area contributed by atoms with E-state index in [4.69, 9.17) is 9.72 Å². The maximum absolute atomic E-state index is 13.3. The van der Waals surface area contributed by atoms with E-state index in [1.165, 1.54) is 5.56 Å². The second-order valence-corrected chi connectivity index (χ2v) is 7.95. The molecule has 0 spiro atoms. The van der Waals surface area contributed by atoms with Gasteiger partial charge in [-0.2, -0.15) is 0 Å². The van der Waals surface area contributed by atoms with Crippen LogP contribution in [0.5, 0.6) is 5.75 Å². The molecule has 150 valence electrons. The van der Waals surface area contributed by atoms with Crippen molar-refractivity contribution in [1.29, 1.82) is 0 Å². The van der Waals surface area contributed by atoms with Gasteiger partial charge < -0.3 is 19.5 Å². The lowest BCUT2D eigenvalue weighted by Crippen LogP contribution is -2.33. The number of likely N-dealkylation sites (N-methyl/N-ethyl adjacent to an activating group) is 1. The van der Waals surface area contributed by atoms with Gasteiger partial charge in [0.25, 0.3) is 5.91 Å². The zero-order valence-electron chi connectivity index (χ0n) is 16.8. The van der Waals surface area contributed by atoms with Gasteiger partial charge in [0, 0.05) is 54.4 Å². The molecule has 0 radical (unpaired) electrons. The molecule has 1 amide bonds. The zero-order valence-corrected chi connectivity index (χ0v) is 16.8. The lowest BCUT2D eigenvalue weighted by molar-refractivity contribution is 0.0724. The number of carbonyl (C=O) groups is 1. The van der Waals surface area contributed by atoms with Crippen LogP contribution < -0.4 is 4.74 Å². The molecule has 1 atom stereocenters. The zero-order chi connectivity index (χ0) is 20.0. The summed E-state index contributed by atoms with van der Waals surface area (Å²) >= 11 is 0. The highest BCUT2D eigenvalue weighted by Crippen LogP contribution is 2.33. The molecular formula is C22H25N5O2. The second-order valence-electron chi connectivity index (χ2n) is 7.95. The van der Waals surface area contributed by atoms with E-state index in [9.17, 15) is 4.79 Å². The van der Waals surface area contributed by atoms with Gasteiger partial charge in [-0.15, -0.1) is 0 Å². The summed E-state index contributed by atoms with van der Waals surface area (Å²) in [5, 5.41) is 0.920. The third kappa shape index (κ3) is 3.15. The van der Waals surface area contributed by atoms with E-state index >= 15 is 0 Å².